The summed E-state index contributed by atoms with van der Waals surface area (Å²) in [6.45, 7) is 1.71. The largest absolute Gasteiger partial charge is 0.390 e. The number of hydrogen-bond donors (Lipinski definition) is 2. The van der Waals surface area contributed by atoms with E-state index in [1.807, 2.05) is 0 Å². The van der Waals surface area contributed by atoms with Crippen molar-refractivity contribution in [2.24, 2.45) is 0 Å². The minimum Gasteiger partial charge on any atom is -0.390 e. The third-order valence-electron chi connectivity index (χ3n) is 0.856. The van der Waals surface area contributed by atoms with Crippen LogP contribution in [0.3, 0.4) is 0 Å². The van der Waals surface area contributed by atoms with Crippen LogP contribution in [0.2, 0.25) is 0 Å². The lowest BCUT2D eigenvalue weighted by atomic mass is 10.3. The van der Waals surface area contributed by atoms with Gasteiger partial charge in [-0.25, -0.2) is 0 Å². The quantitative estimate of drug-likeness (QED) is 0.458. The van der Waals surface area contributed by atoms with E-state index in [0.29, 0.717) is 11.6 Å². The Kier molecular flexibility index (Phi) is 4.14. The Morgan fingerprint density at radius 1 is 1.78 bits per heavy atom. The molecule has 0 bridgehead atoms. The molecule has 0 aromatic rings. The first kappa shape index (κ1) is 8.50. The Labute approximate surface area is 60.4 Å². The molecule has 2 N–H and O–H groups in total. The Hall–Kier alpha value is -0.500. The van der Waals surface area contributed by atoms with Gasteiger partial charge in [-0.3, -0.25) is 0 Å². The minimum absolute atomic E-state index is 0.437. The maximum absolute atomic E-state index is 7.06. The topological polar surface area (TPSA) is 35.9 Å². The molecule has 0 unspecified atom stereocenters. The number of hydrogen-bond acceptors (Lipinski definition) is 2. The van der Waals surface area contributed by atoms with Gasteiger partial charge in [-0.05, 0) is 13.0 Å². The maximum Gasteiger partial charge on any atom is 0.0622 e. The molecule has 0 saturated heterocycles. The summed E-state index contributed by atoms with van der Waals surface area (Å²) in [7, 11) is 1.79. The van der Waals surface area contributed by atoms with Gasteiger partial charge in [-0.1, -0.05) is 0 Å². The minimum atomic E-state index is 0.437. The van der Waals surface area contributed by atoms with Crippen LogP contribution in [0.4, 0.5) is 0 Å². The van der Waals surface area contributed by atoms with Crippen LogP contribution in [0.1, 0.15) is 6.92 Å². The van der Waals surface area contributed by atoms with Gasteiger partial charge < -0.3 is 10.7 Å². The lowest BCUT2D eigenvalue weighted by Crippen LogP contribution is -2.08. The highest BCUT2D eigenvalue weighted by Crippen LogP contribution is 1.91. The first-order valence-electron chi connectivity index (χ1n) is 2.70. The fraction of sp³-hybridized carbons (Fsp3) is 0.500. The highest BCUT2D eigenvalue weighted by molar-refractivity contribution is 6.19. The van der Waals surface area contributed by atoms with Crippen LogP contribution in [-0.2, 0) is 0 Å². The molecular weight excluding hydrogens is 136 g/mol. The van der Waals surface area contributed by atoms with Crippen LogP contribution in [0.5, 0.6) is 0 Å². The van der Waals surface area contributed by atoms with Crippen LogP contribution in [0, 0.1) is 5.41 Å². The number of alkyl halides is 1. The van der Waals surface area contributed by atoms with Crippen LogP contribution in [0.25, 0.3) is 0 Å². The Bertz CT molecular complexity index is 123. The summed E-state index contributed by atoms with van der Waals surface area (Å²) in [5, 5.41) is 9.93. The average Bonchev–Trinajstić information content (AvgIpc) is 1.82. The molecule has 3 heteroatoms. The van der Waals surface area contributed by atoms with E-state index in [1.54, 1.807) is 20.0 Å². The predicted octanol–water partition coefficient (Wildman–Crippen LogP) is 1.37. The summed E-state index contributed by atoms with van der Waals surface area (Å²) in [6, 6.07) is 0. The molecule has 0 aliphatic rings. The molecule has 2 nitrogen and oxygen atoms in total. The summed E-state index contributed by atoms with van der Waals surface area (Å²) < 4.78 is 0. The van der Waals surface area contributed by atoms with E-state index in [0.717, 1.165) is 5.70 Å². The summed E-state index contributed by atoms with van der Waals surface area (Å²) >= 11 is 5.48. The summed E-state index contributed by atoms with van der Waals surface area (Å²) in [6.07, 6.45) is 1.70. The second-order valence-corrected chi connectivity index (χ2v) is 2.00. The van der Waals surface area contributed by atoms with E-state index in [-0.39, 0.29) is 0 Å². The van der Waals surface area contributed by atoms with Gasteiger partial charge in [0.15, 0.2) is 0 Å². The number of halogens is 1. The molecule has 0 aromatic carbocycles. The molecule has 52 valence electrons. The van der Waals surface area contributed by atoms with E-state index in [4.69, 9.17) is 17.0 Å². The van der Waals surface area contributed by atoms with Crippen molar-refractivity contribution in [1.82, 2.24) is 5.32 Å². The van der Waals surface area contributed by atoms with Crippen molar-refractivity contribution < 1.29 is 0 Å². The average molecular weight is 147 g/mol. The highest BCUT2D eigenvalue weighted by Gasteiger charge is 1.88. The summed E-state index contributed by atoms with van der Waals surface area (Å²) in [4.78, 5) is 0. The van der Waals surface area contributed by atoms with Crippen molar-refractivity contribution in [2.45, 2.75) is 6.92 Å². The van der Waals surface area contributed by atoms with Gasteiger partial charge in [0.1, 0.15) is 0 Å². The lowest BCUT2D eigenvalue weighted by molar-refractivity contribution is 0.996. The zero-order chi connectivity index (χ0) is 7.28. The number of allylic oxidation sites excluding steroid dienone is 2. The monoisotopic (exact) mass is 146 g/mol. The molecule has 9 heavy (non-hydrogen) atoms. The third kappa shape index (κ3) is 4.03. The van der Waals surface area contributed by atoms with E-state index in [1.165, 1.54) is 0 Å². The molecule has 0 aliphatic heterocycles. The fourth-order valence-corrected chi connectivity index (χ4v) is 0.650. The number of nitrogens with one attached hydrogen (secondary N) is 2. The lowest BCUT2D eigenvalue weighted by Gasteiger charge is -1.99. The summed E-state index contributed by atoms with van der Waals surface area (Å²) in [5.41, 5.74) is 1.39. The molecule has 0 atom stereocenters. The molecule has 0 rings (SSSR count). The Morgan fingerprint density at radius 3 is 2.44 bits per heavy atom. The normalized spacial score (nSPS) is 11.2. The zero-order valence-corrected chi connectivity index (χ0v) is 6.42. The third-order valence-corrected chi connectivity index (χ3v) is 1.14. The van der Waals surface area contributed by atoms with Crippen LogP contribution >= 0.6 is 11.6 Å². The Morgan fingerprint density at radius 2 is 2.33 bits per heavy atom. The molecular formula is C6H11ClN2. The van der Waals surface area contributed by atoms with Gasteiger partial charge in [0.25, 0.3) is 0 Å². The summed E-state index contributed by atoms with van der Waals surface area (Å²) in [5.74, 6) is 0.437. The maximum atomic E-state index is 7.06. The predicted molar refractivity (Wildman–Crippen MR) is 41.3 cm³/mol. The van der Waals surface area contributed by atoms with Crippen molar-refractivity contribution in [1.29, 1.82) is 5.41 Å². The zero-order valence-electron chi connectivity index (χ0n) is 5.66. The van der Waals surface area contributed by atoms with E-state index < -0.39 is 0 Å². The van der Waals surface area contributed by atoms with Gasteiger partial charge in [0, 0.05) is 18.5 Å². The molecule has 0 amide bonds. The van der Waals surface area contributed by atoms with Crippen molar-refractivity contribution >= 4 is 17.3 Å². The van der Waals surface area contributed by atoms with E-state index in [9.17, 15) is 0 Å². The van der Waals surface area contributed by atoms with Crippen molar-refractivity contribution in [3.63, 3.8) is 0 Å². The molecule has 0 radical (unpaired) electrons. The first-order chi connectivity index (χ1) is 4.20. The van der Waals surface area contributed by atoms with Gasteiger partial charge in [0.2, 0.25) is 0 Å². The van der Waals surface area contributed by atoms with Crippen LogP contribution in [-0.4, -0.2) is 18.6 Å². The molecule has 0 fully saturated rings. The van der Waals surface area contributed by atoms with E-state index >= 15 is 0 Å². The van der Waals surface area contributed by atoms with Crippen molar-refractivity contribution in [3.8, 4) is 0 Å². The standard InChI is InChI=1S/C6H11ClN2/c1-5(8)3-6(4-7)9-2/h3,8-9H,4H2,1-2H3/b6-3-,8-5?. The van der Waals surface area contributed by atoms with Gasteiger partial charge in [-0.15, -0.1) is 11.6 Å². The SMILES string of the molecule is CN/C(=C\C(C)=N)CCl. The van der Waals surface area contributed by atoms with Crippen molar-refractivity contribution in [3.05, 3.63) is 11.8 Å². The Balaban J connectivity index is 3.91. The van der Waals surface area contributed by atoms with Gasteiger partial charge in [-0.2, -0.15) is 0 Å². The molecule has 0 aromatic heterocycles. The van der Waals surface area contributed by atoms with E-state index in [2.05, 4.69) is 5.32 Å². The molecule has 0 saturated carbocycles. The van der Waals surface area contributed by atoms with Gasteiger partial charge >= 0.3 is 0 Å². The van der Waals surface area contributed by atoms with Crippen LogP contribution in [0.15, 0.2) is 11.8 Å². The van der Waals surface area contributed by atoms with Gasteiger partial charge in [0.05, 0.1) is 5.88 Å². The molecule has 0 spiro atoms. The highest BCUT2D eigenvalue weighted by atomic mass is 35.5. The van der Waals surface area contributed by atoms with Crippen molar-refractivity contribution in [2.75, 3.05) is 12.9 Å². The smallest absolute Gasteiger partial charge is 0.0622 e. The second-order valence-electron chi connectivity index (χ2n) is 1.74. The molecule has 0 heterocycles. The van der Waals surface area contributed by atoms with Crippen LogP contribution < -0.4 is 5.32 Å². The number of rotatable bonds is 3. The second kappa shape index (κ2) is 4.39. The fourth-order valence-electron chi connectivity index (χ4n) is 0.439. The molecule has 0 aliphatic carbocycles. The first-order valence-corrected chi connectivity index (χ1v) is 3.23.